The van der Waals surface area contributed by atoms with Crippen LogP contribution < -0.4 is 10.5 Å². The van der Waals surface area contributed by atoms with Crippen LogP contribution in [0.1, 0.15) is 24.8 Å². The van der Waals surface area contributed by atoms with Gasteiger partial charge in [-0.25, -0.2) is 0 Å². The third-order valence-electron chi connectivity index (χ3n) is 3.85. The Balaban J connectivity index is 0.00000264. The highest BCUT2D eigenvalue weighted by molar-refractivity contribution is 5.85. The zero-order chi connectivity index (χ0) is 15.8. The number of amides is 1. The maximum Gasteiger partial charge on any atom is 0.260 e. The highest BCUT2D eigenvalue weighted by Crippen LogP contribution is 2.15. The van der Waals surface area contributed by atoms with Gasteiger partial charge < -0.3 is 20.1 Å². The number of piperidine rings is 1. The standard InChI is InChI=1S/C17H26N2O3.ClH/c1-14-4-2-5-16(12-14)22-13-17(20)19-9-6-15(7-10-19)21-11-3-8-18;/h2,4-5,12,15H,3,6-11,13,18H2,1H3;1H. The van der Waals surface area contributed by atoms with E-state index in [-0.39, 0.29) is 31.0 Å². The van der Waals surface area contributed by atoms with Crippen molar-refractivity contribution < 1.29 is 14.3 Å². The van der Waals surface area contributed by atoms with Crippen molar-refractivity contribution in [2.45, 2.75) is 32.3 Å². The lowest BCUT2D eigenvalue weighted by Crippen LogP contribution is -2.43. The molecule has 0 spiro atoms. The normalized spacial score (nSPS) is 15.1. The second kappa shape index (κ2) is 10.5. The Labute approximate surface area is 144 Å². The Morgan fingerprint density at radius 1 is 1.35 bits per heavy atom. The number of halogens is 1. The molecule has 0 atom stereocenters. The summed E-state index contributed by atoms with van der Waals surface area (Å²) in [5.41, 5.74) is 6.58. The second-order valence-electron chi connectivity index (χ2n) is 5.70. The van der Waals surface area contributed by atoms with E-state index in [1.807, 2.05) is 36.1 Å². The molecule has 1 aliphatic heterocycles. The molecule has 23 heavy (non-hydrogen) atoms. The van der Waals surface area contributed by atoms with Crippen LogP contribution in [0.15, 0.2) is 24.3 Å². The molecular weight excluding hydrogens is 316 g/mol. The van der Waals surface area contributed by atoms with Gasteiger partial charge in [0.25, 0.3) is 5.91 Å². The lowest BCUT2D eigenvalue weighted by molar-refractivity contribution is -0.136. The fraction of sp³-hybridized carbons (Fsp3) is 0.588. The number of rotatable bonds is 7. The molecule has 1 heterocycles. The minimum Gasteiger partial charge on any atom is -0.484 e. The third-order valence-corrected chi connectivity index (χ3v) is 3.85. The Kier molecular flexibility index (Phi) is 8.99. The molecule has 0 aromatic heterocycles. The van der Waals surface area contributed by atoms with Gasteiger partial charge in [-0.15, -0.1) is 12.4 Å². The van der Waals surface area contributed by atoms with E-state index in [1.165, 1.54) is 0 Å². The van der Waals surface area contributed by atoms with E-state index >= 15 is 0 Å². The molecule has 0 saturated carbocycles. The molecule has 1 saturated heterocycles. The van der Waals surface area contributed by atoms with E-state index in [9.17, 15) is 4.79 Å². The quantitative estimate of drug-likeness (QED) is 0.771. The van der Waals surface area contributed by atoms with Crippen molar-refractivity contribution in [2.75, 3.05) is 32.8 Å². The zero-order valence-electron chi connectivity index (χ0n) is 13.7. The number of benzene rings is 1. The maximum absolute atomic E-state index is 12.2. The van der Waals surface area contributed by atoms with E-state index in [0.29, 0.717) is 13.2 Å². The number of ether oxygens (including phenoxy) is 2. The minimum absolute atomic E-state index is 0. The van der Waals surface area contributed by atoms with Crippen LogP contribution in [0.2, 0.25) is 0 Å². The van der Waals surface area contributed by atoms with Gasteiger partial charge in [-0.2, -0.15) is 0 Å². The summed E-state index contributed by atoms with van der Waals surface area (Å²) in [5, 5.41) is 0. The van der Waals surface area contributed by atoms with Gasteiger partial charge in [0.15, 0.2) is 6.61 Å². The largest absolute Gasteiger partial charge is 0.484 e. The van der Waals surface area contributed by atoms with Crippen molar-refractivity contribution in [3.8, 4) is 5.75 Å². The summed E-state index contributed by atoms with van der Waals surface area (Å²) in [4.78, 5) is 14.0. The van der Waals surface area contributed by atoms with Crippen LogP contribution >= 0.6 is 12.4 Å². The molecule has 6 heteroatoms. The van der Waals surface area contributed by atoms with Gasteiger partial charge in [0.2, 0.25) is 0 Å². The molecule has 0 unspecified atom stereocenters. The average Bonchev–Trinajstić information content (AvgIpc) is 2.54. The molecule has 1 amide bonds. The van der Waals surface area contributed by atoms with Gasteiger partial charge in [0.1, 0.15) is 5.75 Å². The van der Waals surface area contributed by atoms with E-state index in [0.717, 1.165) is 43.7 Å². The predicted octanol–water partition coefficient (Wildman–Crippen LogP) is 2.15. The topological polar surface area (TPSA) is 64.8 Å². The monoisotopic (exact) mass is 342 g/mol. The fourth-order valence-corrected chi connectivity index (χ4v) is 2.55. The van der Waals surface area contributed by atoms with Crippen molar-refractivity contribution in [2.24, 2.45) is 5.73 Å². The van der Waals surface area contributed by atoms with Crippen LogP contribution in [0.4, 0.5) is 0 Å². The lowest BCUT2D eigenvalue weighted by atomic mass is 10.1. The van der Waals surface area contributed by atoms with E-state index < -0.39 is 0 Å². The summed E-state index contributed by atoms with van der Waals surface area (Å²) in [6.07, 6.45) is 2.93. The van der Waals surface area contributed by atoms with E-state index in [4.69, 9.17) is 15.2 Å². The molecule has 2 rings (SSSR count). The molecule has 1 aliphatic rings. The summed E-state index contributed by atoms with van der Waals surface area (Å²) >= 11 is 0. The van der Waals surface area contributed by atoms with Gasteiger partial charge >= 0.3 is 0 Å². The first-order valence-electron chi connectivity index (χ1n) is 7.98. The van der Waals surface area contributed by atoms with Gasteiger partial charge in [0, 0.05) is 19.7 Å². The number of carbonyl (C=O) groups is 1. The smallest absolute Gasteiger partial charge is 0.260 e. The van der Waals surface area contributed by atoms with E-state index in [2.05, 4.69) is 0 Å². The Bertz CT molecular complexity index is 477. The molecule has 0 bridgehead atoms. The summed E-state index contributed by atoms with van der Waals surface area (Å²) < 4.78 is 11.3. The van der Waals surface area contributed by atoms with Crippen molar-refractivity contribution in [1.82, 2.24) is 4.90 Å². The van der Waals surface area contributed by atoms with Crippen molar-refractivity contribution in [1.29, 1.82) is 0 Å². The molecule has 0 aliphatic carbocycles. The number of nitrogens with two attached hydrogens (primary N) is 1. The first-order chi connectivity index (χ1) is 10.7. The predicted molar refractivity (Wildman–Crippen MR) is 93.1 cm³/mol. The molecule has 1 aromatic carbocycles. The Morgan fingerprint density at radius 3 is 2.74 bits per heavy atom. The molecule has 130 valence electrons. The van der Waals surface area contributed by atoms with Crippen LogP contribution in [-0.4, -0.2) is 49.8 Å². The van der Waals surface area contributed by atoms with Crippen LogP contribution in [0.25, 0.3) is 0 Å². The van der Waals surface area contributed by atoms with Gasteiger partial charge in [-0.05, 0) is 50.4 Å². The molecule has 0 radical (unpaired) electrons. The highest BCUT2D eigenvalue weighted by Gasteiger charge is 2.23. The number of hydrogen-bond donors (Lipinski definition) is 1. The molecular formula is C17H27ClN2O3. The highest BCUT2D eigenvalue weighted by atomic mass is 35.5. The number of nitrogens with zero attached hydrogens (tertiary/aromatic N) is 1. The van der Waals surface area contributed by atoms with E-state index in [1.54, 1.807) is 0 Å². The number of carbonyl (C=O) groups excluding carboxylic acids is 1. The summed E-state index contributed by atoms with van der Waals surface area (Å²) in [5.74, 6) is 0.787. The van der Waals surface area contributed by atoms with Crippen molar-refractivity contribution in [3.05, 3.63) is 29.8 Å². The number of aryl methyl sites for hydroxylation is 1. The average molecular weight is 343 g/mol. The number of likely N-dealkylation sites (tertiary alicyclic amines) is 1. The van der Waals surface area contributed by atoms with Gasteiger partial charge in [-0.3, -0.25) is 4.79 Å². The molecule has 2 N–H and O–H groups in total. The first-order valence-corrected chi connectivity index (χ1v) is 7.98. The molecule has 1 aromatic rings. The van der Waals surface area contributed by atoms with Gasteiger partial charge in [0.05, 0.1) is 6.10 Å². The summed E-state index contributed by atoms with van der Waals surface area (Å²) in [6.45, 7) is 4.96. The van der Waals surface area contributed by atoms with Crippen molar-refractivity contribution >= 4 is 18.3 Å². The fourth-order valence-electron chi connectivity index (χ4n) is 2.55. The second-order valence-corrected chi connectivity index (χ2v) is 5.70. The minimum atomic E-state index is 0. The zero-order valence-corrected chi connectivity index (χ0v) is 14.5. The van der Waals surface area contributed by atoms with Crippen molar-refractivity contribution in [3.63, 3.8) is 0 Å². The SMILES string of the molecule is Cc1cccc(OCC(=O)N2CCC(OCCCN)CC2)c1.Cl. The summed E-state index contributed by atoms with van der Waals surface area (Å²) in [7, 11) is 0. The van der Waals surface area contributed by atoms with Crippen LogP contribution in [0.5, 0.6) is 5.75 Å². The first kappa shape index (κ1) is 19.7. The van der Waals surface area contributed by atoms with Crippen LogP contribution in [-0.2, 0) is 9.53 Å². The Hall–Kier alpha value is -1.30. The summed E-state index contributed by atoms with van der Waals surface area (Å²) in [6, 6.07) is 7.74. The van der Waals surface area contributed by atoms with Gasteiger partial charge in [-0.1, -0.05) is 12.1 Å². The number of hydrogen-bond acceptors (Lipinski definition) is 4. The lowest BCUT2D eigenvalue weighted by Gasteiger charge is -2.31. The molecule has 5 nitrogen and oxygen atoms in total. The Morgan fingerprint density at radius 2 is 2.09 bits per heavy atom. The molecule has 1 fully saturated rings. The third kappa shape index (κ3) is 6.77. The maximum atomic E-state index is 12.2. The van der Waals surface area contributed by atoms with Crippen LogP contribution in [0.3, 0.4) is 0 Å². The van der Waals surface area contributed by atoms with Crippen LogP contribution in [0, 0.1) is 6.92 Å².